The van der Waals surface area contributed by atoms with Gasteiger partial charge in [-0.3, -0.25) is 4.79 Å². The fourth-order valence-electron chi connectivity index (χ4n) is 1.45. The van der Waals surface area contributed by atoms with Crippen LogP contribution in [0.1, 0.15) is 23.8 Å². The summed E-state index contributed by atoms with van der Waals surface area (Å²) < 4.78 is 0. The van der Waals surface area contributed by atoms with Crippen LogP contribution in [0.4, 0.5) is 0 Å². The minimum absolute atomic E-state index is 0.0602. The lowest BCUT2D eigenvalue weighted by Crippen LogP contribution is -2.33. The van der Waals surface area contributed by atoms with Crippen molar-refractivity contribution in [3.63, 3.8) is 0 Å². The van der Waals surface area contributed by atoms with Crippen molar-refractivity contribution in [2.45, 2.75) is 13.3 Å². The van der Waals surface area contributed by atoms with Crippen molar-refractivity contribution >= 4 is 5.91 Å². The standard InChI is InChI=1S/C10H19N5O/c1-4-15(7-5-6-14(2)3)10(16)9-8-11-13-12-9/h8H,4-7H2,1-3H3,(H,11,12,13). The molecule has 0 aliphatic rings. The van der Waals surface area contributed by atoms with Crippen molar-refractivity contribution in [2.75, 3.05) is 33.7 Å². The van der Waals surface area contributed by atoms with Gasteiger partial charge >= 0.3 is 0 Å². The number of H-pyrrole nitrogens is 1. The number of aromatic amines is 1. The summed E-state index contributed by atoms with van der Waals surface area (Å²) in [6.07, 6.45) is 2.42. The Morgan fingerprint density at radius 1 is 1.44 bits per heavy atom. The van der Waals surface area contributed by atoms with Gasteiger partial charge in [-0.05, 0) is 34.0 Å². The fourth-order valence-corrected chi connectivity index (χ4v) is 1.45. The van der Waals surface area contributed by atoms with Crippen LogP contribution in [0.3, 0.4) is 0 Å². The average molecular weight is 225 g/mol. The SMILES string of the molecule is CCN(CCCN(C)C)C(=O)c1cn[nH]n1. The van der Waals surface area contributed by atoms with Gasteiger partial charge in [0.25, 0.3) is 5.91 Å². The molecule has 0 bridgehead atoms. The molecule has 0 saturated heterocycles. The van der Waals surface area contributed by atoms with E-state index in [1.807, 2.05) is 21.0 Å². The Balaban J connectivity index is 2.45. The monoisotopic (exact) mass is 225 g/mol. The summed E-state index contributed by atoms with van der Waals surface area (Å²) in [7, 11) is 4.05. The second kappa shape index (κ2) is 6.22. The first-order valence-electron chi connectivity index (χ1n) is 5.45. The molecule has 1 rings (SSSR count). The average Bonchev–Trinajstić information content (AvgIpc) is 2.76. The van der Waals surface area contributed by atoms with Gasteiger partial charge in [0.2, 0.25) is 0 Å². The Bertz CT molecular complexity index is 309. The number of nitrogens with one attached hydrogen (secondary N) is 1. The molecule has 0 atom stereocenters. The maximum absolute atomic E-state index is 11.9. The Morgan fingerprint density at radius 3 is 2.69 bits per heavy atom. The van der Waals surface area contributed by atoms with E-state index in [0.717, 1.165) is 19.5 Å². The van der Waals surface area contributed by atoms with E-state index in [4.69, 9.17) is 0 Å². The number of hydrogen-bond donors (Lipinski definition) is 1. The zero-order valence-corrected chi connectivity index (χ0v) is 10.1. The Hall–Kier alpha value is -1.43. The van der Waals surface area contributed by atoms with E-state index in [1.54, 1.807) is 4.90 Å². The van der Waals surface area contributed by atoms with E-state index >= 15 is 0 Å². The second-order valence-corrected chi connectivity index (χ2v) is 3.90. The highest BCUT2D eigenvalue weighted by molar-refractivity contribution is 5.91. The van der Waals surface area contributed by atoms with Crippen LogP contribution in [-0.2, 0) is 0 Å². The van der Waals surface area contributed by atoms with Gasteiger partial charge < -0.3 is 9.80 Å². The van der Waals surface area contributed by atoms with E-state index in [1.165, 1.54) is 6.20 Å². The summed E-state index contributed by atoms with van der Waals surface area (Å²) >= 11 is 0. The van der Waals surface area contributed by atoms with Crippen LogP contribution < -0.4 is 0 Å². The minimum Gasteiger partial charge on any atom is -0.337 e. The summed E-state index contributed by atoms with van der Waals surface area (Å²) in [5.41, 5.74) is 0.381. The summed E-state index contributed by atoms with van der Waals surface area (Å²) in [6.45, 7) is 4.38. The molecule has 90 valence electrons. The van der Waals surface area contributed by atoms with Crippen LogP contribution in [0.25, 0.3) is 0 Å². The molecule has 6 heteroatoms. The molecule has 0 aromatic carbocycles. The highest BCUT2D eigenvalue weighted by Gasteiger charge is 2.15. The maximum atomic E-state index is 11.9. The van der Waals surface area contributed by atoms with Crippen LogP contribution >= 0.6 is 0 Å². The summed E-state index contributed by atoms with van der Waals surface area (Å²) in [6, 6.07) is 0. The molecule has 1 aromatic rings. The molecular formula is C10H19N5O. The lowest BCUT2D eigenvalue weighted by molar-refractivity contribution is 0.0753. The van der Waals surface area contributed by atoms with Crippen LogP contribution in [0.5, 0.6) is 0 Å². The molecule has 0 saturated carbocycles. The number of aromatic nitrogens is 3. The van der Waals surface area contributed by atoms with Crippen LogP contribution in [0, 0.1) is 0 Å². The molecule has 1 amide bonds. The molecule has 16 heavy (non-hydrogen) atoms. The van der Waals surface area contributed by atoms with Crippen LogP contribution in [0.2, 0.25) is 0 Å². The normalized spacial score (nSPS) is 10.8. The molecule has 1 N–H and O–H groups in total. The van der Waals surface area contributed by atoms with Gasteiger partial charge in [0.15, 0.2) is 5.69 Å². The van der Waals surface area contributed by atoms with Gasteiger partial charge in [-0.15, -0.1) is 0 Å². The Morgan fingerprint density at radius 2 is 2.19 bits per heavy atom. The van der Waals surface area contributed by atoms with E-state index in [0.29, 0.717) is 12.2 Å². The van der Waals surface area contributed by atoms with Gasteiger partial charge in [0.1, 0.15) is 0 Å². The van der Waals surface area contributed by atoms with Crippen LogP contribution in [0.15, 0.2) is 6.20 Å². The number of carbonyl (C=O) groups is 1. The van der Waals surface area contributed by atoms with Crippen molar-refractivity contribution in [2.24, 2.45) is 0 Å². The molecule has 0 aliphatic heterocycles. The maximum Gasteiger partial charge on any atom is 0.276 e. The van der Waals surface area contributed by atoms with E-state index in [-0.39, 0.29) is 5.91 Å². The fraction of sp³-hybridized carbons (Fsp3) is 0.700. The first-order chi connectivity index (χ1) is 7.65. The number of carbonyl (C=O) groups excluding carboxylic acids is 1. The van der Waals surface area contributed by atoms with Crippen molar-refractivity contribution in [3.8, 4) is 0 Å². The van der Waals surface area contributed by atoms with Crippen molar-refractivity contribution in [3.05, 3.63) is 11.9 Å². The highest BCUT2D eigenvalue weighted by Crippen LogP contribution is 2.00. The topological polar surface area (TPSA) is 65.1 Å². The number of hydrogen-bond acceptors (Lipinski definition) is 4. The van der Waals surface area contributed by atoms with E-state index < -0.39 is 0 Å². The van der Waals surface area contributed by atoms with Crippen LogP contribution in [-0.4, -0.2) is 64.8 Å². The van der Waals surface area contributed by atoms with Gasteiger partial charge in [-0.2, -0.15) is 15.4 Å². The predicted octanol–water partition coefficient (Wildman–Crippen LogP) is 0.218. The molecule has 0 aliphatic carbocycles. The minimum atomic E-state index is -0.0602. The first-order valence-corrected chi connectivity index (χ1v) is 5.45. The molecular weight excluding hydrogens is 206 g/mol. The largest absolute Gasteiger partial charge is 0.337 e. The quantitative estimate of drug-likeness (QED) is 0.752. The Kier molecular flexibility index (Phi) is 4.91. The van der Waals surface area contributed by atoms with Crippen molar-refractivity contribution < 1.29 is 4.79 Å². The number of amides is 1. The molecule has 1 aromatic heterocycles. The molecule has 1 heterocycles. The second-order valence-electron chi connectivity index (χ2n) is 3.90. The first kappa shape index (κ1) is 12.6. The van der Waals surface area contributed by atoms with E-state index in [9.17, 15) is 4.79 Å². The molecule has 0 unspecified atom stereocenters. The van der Waals surface area contributed by atoms with Gasteiger partial charge in [0, 0.05) is 13.1 Å². The predicted molar refractivity (Wildman–Crippen MR) is 61.1 cm³/mol. The zero-order chi connectivity index (χ0) is 12.0. The third-order valence-electron chi connectivity index (χ3n) is 2.34. The van der Waals surface area contributed by atoms with Gasteiger partial charge in [-0.1, -0.05) is 0 Å². The van der Waals surface area contributed by atoms with Gasteiger partial charge in [-0.25, -0.2) is 0 Å². The molecule has 0 fully saturated rings. The molecule has 6 nitrogen and oxygen atoms in total. The highest BCUT2D eigenvalue weighted by atomic mass is 16.2. The lowest BCUT2D eigenvalue weighted by Gasteiger charge is -2.20. The summed E-state index contributed by atoms with van der Waals surface area (Å²) in [4.78, 5) is 15.8. The van der Waals surface area contributed by atoms with E-state index in [2.05, 4.69) is 20.3 Å². The smallest absolute Gasteiger partial charge is 0.276 e. The lowest BCUT2D eigenvalue weighted by atomic mass is 10.3. The summed E-state index contributed by atoms with van der Waals surface area (Å²) in [5.74, 6) is -0.0602. The summed E-state index contributed by atoms with van der Waals surface area (Å²) in [5, 5.41) is 9.88. The van der Waals surface area contributed by atoms with Crippen molar-refractivity contribution in [1.82, 2.24) is 25.2 Å². The third kappa shape index (κ3) is 3.62. The molecule has 0 radical (unpaired) electrons. The van der Waals surface area contributed by atoms with Crippen molar-refractivity contribution in [1.29, 1.82) is 0 Å². The molecule has 0 spiro atoms. The third-order valence-corrected chi connectivity index (χ3v) is 2.34. The zero-order valence-electron chi connectivity index (χ0n) is 10.1. The number of nitrogens with zero attached hydrogens (tertiary/aromatic N) is 4. The van der Waals surface area contributed by atoms with Gasteiger partial charge in [0.05, 0.1) is 6.20 Å². The number of rotatable bonds is 6. The Labute approximate surface area is 95.6 Å².